The third-order valence-corrected chi connectivity index (χ3v) is 6.87. The van der Waals surface area contributed by atoms with Gasteiger partial charge in [0.15, 0.2) is 0 Å². The molecule has 1 amide bonds. The van der Waals surface area contributed by atoms with E-state index in [4.69, 9.17) is 9.47 Å². The fourth-order valence-electron chi connectivity index (χ4n) is 4.55. The van der Waals surface area contributed by atoms with Crippen molar-refractivity contribution in [2.45, 2.75) is 154 Å². The van der Waals surface area contributed by atoms with E-state index in [9.17, 15) is 19.5 Å². The average Bonchev–Trinajstić information content (AvgIpc) is 3.31. The summed E-state index contributed by atoms with van der Waals surface area (Å²) in [7, 11) is 0. The van der Waals surface area contributed by atoms with Crippen LogP contribution in [0.15, 0.2) is 0 Å². The van der Waals surface area contributed by atoms with Crippen LogP contribution in [0.3, 0.4) is 0 Å². The Morgan fingerprint density at radius 3 is 1.67 bits per heavy atom. The second-order valence-corrected chi connectivity index (χ2v) is 10.4. The van der Waals surface area contributed by atoms with Crippen LogP contribution in [0.2, 0.25) is 0 Å². The van der Waals surface area contributed by atoms with Crippen LogP contribution >= 0.6 is 0 Å². The molecule has 1 heterocycles. The minimum Gasteiger partial charge on any atom is -0.463 e. The number of amides is 1. The molecular weight excluding hydrogens is 458 g/mol. The van der Waals surface area contributed by atoms with Crippen LogP contribution in [0.4, 0.5) is 0 Å². The monoisotopic (exact) mass is 511 g/mol. The summed E-state index contributed by atoms with van der Waals surface area (Å²) in [5.74, 6) is -1.07. The van der Waals surface area contributed by atoms with Crippen LogP contribution in [0.1, 0.15) is 142 Å². The van der Waals surface area contributed by atoms with Gasteiger partial charge in [-0.25, -0.2) is 4.79 Å². The van der Waals surface area contributed by atoms with Crippen LogP contribution in [-0.4, -0.2) is 48.3 Å². The number of unbranched alkanes of at least 4 members (excludes halogenated alkanes) is 17. The Balaban J connectivity index is 1.79. The summed E-state index contributed by atoms with van der Waals surface area (Å²) in [6.45, 7) is 1.83. The summed E-state index contributed by atoms with van der Waals surface area (Å²) in [5.41, 5.74) is 0. The molecule has 1 saturated heterocycles. The van der Waals surface area contributed by atoms with Gasteiger partial charge in [-0.05, 0) is 12.8 Å². The zero-order valence-corrected chi connectivity index (χ0v) is 22.9. The Morgan fingerprint density at radius 2 is 1.22 bits per heavy atom. The fraction of sp³-hybridized carbons (Fsp3) is 0.897. The summed E-state index contributed by atoms with van der Waals surface area (Å²) in [6.07, 6.45) is 23.5. The topological polar surface area (TPSA) is 102 Å². The molecule has 0 aromatic rings. The van der Waals surface area contributed by atoms with Gasteiger partial charge in [-0.3, -0.25) is 9.59 Å². The van der Waals surface area contributed by atoms with Gasteiger partial charge in [0.05, 0.1) is 0 Å². The third kappa shape index (κ3) is 18.6. The second-order valence-electron chi connectivity index (χ2n) is 10.4. The van der Waals surface area contributed by atoms with E-state index in [0.29, 0.717) is 19.3 Å². The van der Waals surface area contributed by atoms with Gasteiger partial charge >= 0.3 is 11.9 Å². The zero-order chi connectivity index (χ0) is 26.3. The quantitative estimate of drug-likeness (QED) is 0.119. The standard InChI is InChI=1S/C29H53NO6/c1-2-3-4-5-6-7-8-9-10-11-12-13-14-15-16-17-18-19-20-28(33)35-23-25(31)24-36-29(34)26-21-22-27(32)30-26/h25-26,31H,2-24H2,1H3,(H,30,32)/t25?,26-/m0/s1. The van der Waals surface area contributed by atoms with E-state index < -0.39 is 18.1 Å². The molecule has 0 aromatic heterocycles. The molecule has 0 radical (unpaired) electrons. The van der Waals surface area contributed by atoms with Gasteiger partial charge in [-0.1, -0.05) is 116 Å². The van der Waals surface area contributed by atoms with Crippen molar-refractivity contribution in [2.24, 2.45) is 0 Å². The van der Waals surface area contributed by atoms with E-state index in [1.165, 1.54) is 96.3 Å². The van der Waals surface area contributed by atoms with E-state index in [2.05, 4.69) is 12.2 Å². The lowest BCUT2D eigenvalue weighted by atomic mass is 10.0. The number of carbonyl (C=O) groups is 3. The summed E-state index contributed by atoms with van der Waals surface area (Å²) in [6, 6.07) is -0.642. The highest BCUT2D eigenvalue weighted by atomic mass is 16.6. The number of aliphatic hydroxyl groups excluding tert-OH is 1. The Labute approximate surface area is 219 Å². The van der Waals surface area contributed by atoms with Crippen LogP contribution in [0.25, 0.3) is 0 Å². The molecule has 2 atom stereocenters. The van der Waals surface area contributed by atoms with Gasteiger partial charge in [0.25, 0.3) is 0 Å². The molecule has 36 heavy (non-hydrogen) atoms. The normalized spacial score (nSPS) is 16.1. The highest BCUT2D eigenvalue weighted by molar-refractivity contribution is 5.88. The second kappa shape index (κ2) is 22.6. The fourth-order valence-corrected chi connectivity index (χ4v) is 4.55. The van der Waals surface area contributed by atoms with E-state index >= 15 is 0 Å². The van der Waals surface area contributed by atoms with E-state index in [1.54, 1.807) is 0 Å². The number of nitrogens with one attached hydrogen (secondary N) is 1. The minimum absolute atomic E-state index is 0.175. The van der Waals surface area contributed by atoms with E-state index in [-0.39, 0.29) is 25.1 Å². The predicted molar refractivity (Wildman–Crippen MR) is 142 cm³/mol. The first-order chi connectivity index (χ1) is 17.5. The molecule has 1 aliphatic heterocycles. The van der Waals surface area contributed by atoms with E-state index in [0.717, 1.165) is 19.3 Å². The molecule has 7 heteroatoms. The number of rotatable bonds is 24. The first-order valence-corrected chi connectivity index (χ1v) is 14.8. The molecule has 210 valence electrons. The highest BCUT2D eigenvalue weighted by Crippen LogP contribution is 2.15. The zero-order valence-electron chi connectivity index (χ0n) is 22.9. The molecule has 0 bridgehead atoms. The lowest BCUT2D eigenvalue weighted by Crippen LogP contribution is -2.36. The molecule has 0 aliphatic carbocycles. The maximum atomic E-state index is 11.8. The summed E-state index contributed by atoms with van der Waals surface area (Å²) >= 11 is 0. The van der Waals surface area contributed by atoms with Crippen molar-refractivity contribution in [2.75, 3.05) is 13.2 Å². The number of aliphatic hydroxyl groups is 1. The molecule has 1 unspecified atom stereocenters. The SMILES string of the molecule is CCCCCCCCCCCCCCCCCCCCC(=O)OCC(O)COC(=O)[C@@H]1CCC(=O)N1. The number of esters is 2. The van der Waals surface area contributed by atoms with E-state index in [1.807, 2.05) is 0 Å². The van der Waals surface area contributed by atoms with Crippen molar-refractivity contribution in [1.82, 2.24) is 5.32 Å². The molecule has 1 aliphatic rings. The van der Waals surface area contributed by atoms with Crippen molar-refractivity contribution >= 4 is 17.8 Å². The maximum absolute atomic E-state index is 11.8. The Kier molecular flexibility index (Phi) is 20.3. The molecule has 1 rings (SSSR count). The largest absolute Gasteiger partial charge is 0.463 e. The lowest BCUT2D eigenvalue weighted by molar-refractivity contribution is -0.154. The first-order valence-electron chi connectivity index (χ1n) is 14.8. The number of ether oxygens (including phenoxy) is 2. The highest BCUT2D eigenvalue weighted by Gasteiger charge is 2.28. The first kappa shape index (κ1) is 32.4. The van der Waals surface area contributed by atoms with Crippen molar-refractivity contribution < 1.29 is 29.0 Å². The van der Waals surface area contributed by atoms with Crippen LogP contribution in [-0.2, 0) is 23.9 Å². The Bertz CT molecular complexity index is 582. The molecular formula is C29H53NO6. The Morgan fingerprint density at radius 1 is 0.778 bits per heavy atom. The molecule has 2 N–H and O–H groups in total. The van der Waals surface area contributed by atoms with Gasteiger partial charge in [0, 0.05) is 12.8 Å². The molecule has 0 saturated carbocycles. The van der Waals surface area contributed by atoms with Gasteiger partial charge in [0.2, 0.25) is 5.91 Å². The smallest absolute Gasteiger partial charge is 0.328 e. The summed E-state index contributed by atoms with van der Waals surface area (Å²) < 4.78 is 10.0. The van der Waals surface area contributed by atoms with Crippen molar-refractivity contribution in [3.8, 4) is 0 Å². The summed E-state index contributed by atoms with van der Waals surface area (Å²) in [4.78, 5) is 34.7. The van der Waals surface area contributed by atoms with Gasteiger partial charge in [0.1, 0.15) is 25.4 Å². The van der Waals surface area contributed by atoms with Crippen LogP contribution in [0.5, 0.6) is 0 Å². The third-order valence-electron chi connectivity index (χ3n) is 6.87. The average molecular weight is 512 g/mol. The number of hydrogen-bond acceptors (Lipinski definition) is 6. The van der Waals surface area contributed by atoms with Gasteiger partial charge in [-0.2, -0.15) is 0 Å². The molecule has 1 fully saturated rings. The van der Waals surface area contributed by atoms with Crippen LogP contribution in [0, 0.1) is 0 Å². The number of carbonyl (C=O) groups excluding carboxylic acids is 3. The van der Waals surface area contributed by atoms with Gasteiger partial charge < -0.3 is 19.9 Å². The van der Waals surface area contributed by atoms with Crippen molar-refractivity contribution in [3.05, 3.63) is 0 Å². The summed E-state index contributed by atoms with van der Waals surface area (Å²) in [5, 5.41) is 12.3. The van der Waals surface area contributed by atoms with Crippen molar-refractivity contribution in [3.63, 3.8) is 0 Å². The van der Waals surface area contributed by atoms with Crippen molar-refractivity contribution in [1.29, 1.82) is 0 Å². The molecule has 0 aromatic carbocycles. The number of hydrogen-bond donors (Lipinski definition) is 2. The Hall–Kier alpha value is -1.63. The van der Waals surface area contributed by atoms with Crippen LogP contribution < -0.4 is 5.32 Å². The minimum atomic E-state index is -1.06. The maximum Gasteiger partial charge on any atom is 0.328 e. The predicted octanol–water partition coefficient (Wildman–Crippen LogP) is 6.14. The molecule has 7 nitrogen and oxygen atoms in total. The lowest BCUT2D eigenvalue weighted by Gasteiger charge is -2.14. The molecule has 0 spiro atoms. The van der Waals surface area contributed by atoms with Gasteiger partial charge in [-0.15, -0.1) is 0 Å².